The molecule has 6 heteroatoms. The smallest absolute Gasteiger partial charge is 0.238 e. The van der Waals surface area contributed by atoms with Crippen molar-refractivity contribution in [3.63, 3.8) is 0 Å². The molecule has 0 aliphatic heterocycles. The van der Waals surface area contributed by atoms with Crippen molar-refractivity contribution in [2.45, 2.75) is 13.8 Å². The molecular formula is C16H15N5O. The topological polar surface area (TPSA) is 72.8 Å². The molecule has 1 aromatic carbocycles. The number of ether oxygens (including phenoxy) is 1. The third kappa shape index (κ3) is 3.54. The Hall–Kier alpha value is -3.02. The van der Waals surface area contributed by atoms with Gasteiger partial charge in [-0.05, 0) is 44.2 Å². The first-order chi connectivity index (χ1) is 10.7. The molecular weight excluding hydrogens is 278 g/mol. The summed E-state index contributed by atoms with van der Waals surface area (Å²) in [6.07, 6.45) is 1.53. The van der Waals surface area contributed by atoms with Gasteiger partial charge in [-0.1, -0.05) is 0 Å². The molecule has 0 aliphatic rings. The van der Waals surface area contributed by atoms with Crippen molar-refractivity contribution in [1.29, 1.82) is 0 Å². The van der Waals surface area contributed by atoms with Crippen molar-refractivity contribution in [3.05, 3.63) is 60.2 Å². The van der Waals surface area contributed by atoms with Gasteiger partial charge in [0.05, 0.1) is 5.69 Å². The SMILES string of the molecule is Cc1cc(Nc2ccc(Oc3ccc(C)nn3)cc2)ncn1. The molecule has 0 bridgehead atoms. The third-order valence-electron chi connectivity index (χ3n) is 2.93. The Morgan fingerprint density at radius 2 is 1.68 bits per heavy atom. The summed E-state index contributed by atoms with van der Waals surface area (Å²) in [5.41, 5.74) is 2.68. The summed E-state index contributed by atoms with van der Waals surface area (Å²) in [4.78, 5) is 8.23. The first-order valence-electron chi connectivity index (χ1n) is 6.83. The highest BCUT2D eigenvalue weighted by Gasteiger charge is 2.01. The Balaban J connectivity index is 1.68. The minimum atomic E-state index is 0.470. The zero-order valence-corrected chi connectivity index (χ0v) is 12.3. The van der Waals surface area contributed by atoms with Crippen LogP contribution in [0.15, 0.2) is 48.8 Å². The summed E-state index contributed by atoms with van der Waals surface area (Å²) in [6, 6.07) is 13.1. The fourth-order valence-corrected chi connectivity index (χ4v) is 1.84. The summed E-state index contributed by atoms with van der Waals surface area (Å²) in [7, 11) is 0. The predicted molar refractivity (Wildman–Crippen MR) is 83.3 cm³/mol. The highest BCUT2D eigenvalue weighted by Crippen LogP contribution is 2.22. The molecule has 3 rings (SSSR count). The molecule has 0 saturated heterocycles. The highest BCUT2D eigenvalue weighted by molar-refractivity contribution is 5.57. The first-order valence-corrected chi connectivity index (χ1v) is 6.83. The van der Waals surface area contributed by atoms with Gasteiger partial charge < -0.3 is 10.1 Å². The van der Waals surface area contributed by atoms with Crippen molar-refractivity contribution >= 4 is 11.5 Å². The van der Waals surface area contributed by atoms with Crippen LogP contribution in [0.4, 0.5) is 11.5 Å². The summed E-state index contributed by atoms with van der Waals surface area (Å²) < 4.78 is 5.63. The molecule has 0 amide bonds. The summed E-state index contributed by atoms with van der Waals surface area (Å²) >= 11 is 0. The lowest BCUT2D eigenvalue weighted by molar-refractivity contribution is 0.454. The van der Waals surface area contributed by atoms with E-state index in [2.05, 4.69) is 25.5 Å². The van der Waals surface area contributed by atoms with Crippen LogP contribution in [0.1, 0.15) is 11.4 Å². The fraction of sp³-hybridized carbons (Fsp3) is 0.125. The van der Waals surface area contributed by atoms with Crippen LogP contribution in [-0.2, 0) is 0 Å². The van der Waals surface area contributed by atoms with E-state index in [1.54, 1.807) is 6.07 Å². The van der Waals surface area contributed by atoms with Crippen molar-refractivity contribution in [2.75, 3.05) is 5.32 Å². The molecule has 1 N–H and O–H groups in total. The van der Waals surface area contributed by atoms with E-state index in [9.17, 15) is 0 Å². The molecule has 22 heavy (non-hydrogen) atoms. The van der Waals surface area contributed by atoms with Crippen LogP contribution < -0.4 is 10.1 Å². The van der Waals surface area contributed by atoms with Gasteiger partial charge in [0.1, 0.15) is 17.9 Å². The number of rotatable bonds is 4. The van der Waals surface area contributed by atoms with Gasteiger partial charge in [0.25, 0.3) is 0 Å². The normalized spacial score (nSPS) is 10.3. The molecule has 0 fully saturated rings. The van der Waals surface area contributed by atoms with E-state index >= 15 is 0 Å². The van der Waals surface area contributed by atoms with E-state index in [0.717, 1.165) is 22.9 Å². The number of nitrogens with zero attached hydrogens (tertiary/aromatic N) is 4. The van der Waals surface area contributed by atoms with E-state index in [1.807, 2.05) is 50.2 Å². The largest absolute Gasteiger partial charge is 0.438 e. The molecule has 0 radical (unpaired) electrons. The molecule has 0 aliphatic carbocycles. The average Bonchev–Trinajstić information content (AvgIpc) is 2.52. The zero-order valence-electron chi connectivity index (χ0n) is 12.3. The van der Waals surface area contributed by atoms with Crippen molar-refractivity contribution in [1.82, 2.24) is 20.2 Å². The van der Waals surface area contributed by atoms with Crippen LogP contribution >= 0.6 is 0 Å². The van der Waals surface area contributed by atoms with Crippen LogP contribution in [0.2, 0.25) is 0 Å². The second-order valence-corrected chi connectivity index (χ2v) is 4.81. The monoisotopic (exact) mass is 293 g/mol. The number of hydrogen-bond donors (Lipinski definition) is 1. The van der Waals surface area contributed by atoms with Gasteiger partial charge in [-0.25, -0.2) is 9.97 Å². The standard InChI is InChI=1S/C16H15N5O/c1-11-3-8-16(21-20-11)22-14-6-4-13(5-7-14)19-15-9-12(2)17-10-18-15/h3-10H,1-2H3,(H,17,18,19). The maximum atomic E-state index is 5.63. The second-order valence-electron chi connectivity index (χ2n) is 4.81. The molecule has 3 aromatic rings. The Kier molecular flexibility index (Phi) is 3.91. The molecule has 6 nitrogen and oxygen atoms in total. The molecule has 2 heterocycles. The summed E-state index contributed by atoms with van der Waals surface area (Å²) in [5.74, 6) is 1.92. The van der Waals surface area contributed by atoms with E-state index in [4.69, 9.17) is 4.74 Å². The van der Waals surface area contributed by atoms with Crippen molar-refractivity contribution in [2.24, 2.45) is 0 Å². The predicted octanol–water partition coefficient (Wildman–Crippen LogP) is 3.42. The lowest BCUT2D eigenvalue weighted by Crippen LogP contribution is -1.95. The van der Waals surface area contributed by atoms with Gasteiger partial charge in [0.15, 0.2) is 0 Å². The molecule has 2 aromatic heterocycles. The van der Waals surface area contributed by atoms with Gasteiger partial charge in [-0.3, -0.25) is 0 Å². The maximum Gasteiger partial charge on any atom is 0.238 e. The number of aromatic nitrogens is 4. The number of hydrogen-bond acceptors (Lipinski definition) is 6. The van der Waals surface area contributed by atoms with Crippen molar-refractivity contribution < 1.29 is 4.74 Å². The van der Waals surface area contributed by atoms with Crippen LogP contribution in [0, 0.1) is 13.8 Å². The Morgan fingerprint density at radius 1 is 0.864 bits per heavy atom. The van der Waals surface area contributed by atoms with Crippen LogP contribution in [-0.4, -0.2) is 20.2 Å². The minimum Gasteiger partial charge on any atom is -0.438 e. The Bertz CT molecular complexity index is 756. The number of nitrogens with one attached hydrogen (secondary N) is 1. The van der Waals surface area contributed by atoms with Crippen molar-refractivity contribution in [3.8, 4) is 11.6 Å². The second kappa shape index (κ2) is 6.17. The number of aryl methyl sites for hydroxylation is 2. The van der Waals surface area contributed by atoms with Gasteiger partial charge in [0, 0.05) is 23.5 Å². The zero-order chi connectivity index (χ0) is 15.4. The van der Waals surface area contributed by atoms with Gasteiger partial charge in [-0.15, -0.1) is 5.10 Å². The number of anilines is 2. The van der Waals surface area contributed by atoms with E-state index in [0.29, 0.717) is 11.6 Å². The average molecular weight is 293 g/mol. The molecule has 0 unspecified atom stereocenters. The van der Waals surface area contributed by atoms with Crippen LogP contribution in [0.5, 0.6) is 11.6 Å². The molecule has 0 spiro atoms. The lowest BCUT2D eigenvalue weighted by Gasteiger charge is -2.07. The van der Waals surface area contributed by atoms with Crippen LogP contribution in [0.3, 0.4) is 0 Å². The van der Waals surface area contributed by atoms with E-state index in [1.165, 1.54) is 6.33 Å². The molecule has 0 saturated carbocycles. The van der Waals surface area contributed by atoms with E-state index < -0.39 is 0 Å². The maximum absolute atomic E-state index is 5.63. The summed E-state index contributed by atoms with van der Waals surface area (Å²) in [6.45, 7) is 3.80. The van der Waals surface area contributed by atoms with Gasteiger partial charge >= 0.3 is 0 Å². The quantitative estimate of drug-likeness (QED) is 0.794. The number of benzene rings is 1. The van der Waals surface area contributed by atoms with E-state index in [-0.39, 0.29) is 0 Å². The Morgan fingerprint density at radius 3 is 2.36 bits per heavy atom. The molecule has 110 valence electrons. The fourth-order valence-electron chi connectivity index (χ4n) is 1.84. The van der Waals surface area contributed by atoms with Crippen LogP contribution in [0.25, 0.3) is 0 Å². The minimum absolute atomic E-state index is 0.470. The van der Waals surface area contributed by atoms with Gasteiger partial charge in [-0.2, -0.15) is 5.10 Å². The first kappa shape index (κ1) is 13.9. The summed E-state index contributed by atoms with van der Waals surface area (Å²) in [5, 5.41) is 11.1. The Labute approximate surface area is 128 Å². The lowest BCUT2D eigenvalue weighted by atomic mass is 10.3. The highest BCUT2D eigenvalue weighted by atomic mass is 16.5. The van der Waals surface area contributed by atoms with Gasteiger partial charge in [0.2, 0.25) is 5.88 Å². The third-order valence-corrected chi connectivity index (χ3v) is 2.93. The molecule has 0 atom stereocenters.